The van der Waals surface area contributed by atoms with Crippen LogP contribution in [0.4, 0.5) is 5.13 Å². The first-order valence-corrected chi connectivity index (χ1v) is 12.5. The van der Waals surface area contributed by atoms with E-state index in [0.29, 0.717) is 29.1 Å². The molecule has 0 bridgehead atoms. The topological polar surface area (TPSA) is 117 Å². The van der Waals surface area contributed by atoms with Crippen LogP contribution in [0.5, 0.6) is 11.6 Å². The average Bonchev–Trinajstić information content (AvgIpc) is 3.45. The Labute approximate surface area is 206 Å². The van der Waals surface area contributed by atoms with Gasteiger partial charge in [0.05, 0.1) is 30.6 Å². The summed E-state index contributed by atoms with van der Waals surface area (Å²) in [5.41, 5.74) is 3.14. The smallest absolute Gasteiger partial charge is 0.308 e. The molecule has 1 aliphatic heterocycles. The number of aromatic nitrogens is 4. The molecule has 0 radical (unpaired) electrons. The zero-order valence-electron chi connectivity index (χ0n) is 19.9. The number of hydrogen-bond donors (Lipinski definition) is 1. The van der Waals surface area contributed by atoms with E-state index in [0.717, 1.165) is 47.5 Å². The van der Waals surface area contributed by atoms with Gasteiger partial charge in [0, 0.05) is 24.8 Å². The minimum absolute atomic E-state index is 0.0792. The van der Waals surface area contributed by atoms with Gasteiger partial charge >= 0.3 is 5.97 Å². The Bertz CT molecular complexity index is 1240. The second-order valence-electron chi connectivity index (χ2n) is 8.58. The van der Waals surface area contributed by atoms with E-state index in [2.05, 4.69) is 15.3 Å². The molecule has 1 saturated carbocycles. The van der Waals surface area contributed by atoms with Crippen molar-refractivity contribution < 1.29 is 23.8 Å². The lowest BCUT2D eigenvalue weighted by Crippen LogP contribution is -2.26. The van der Waals surface area contributed by atoms with Crippen LogP contribution in [-0.4, -0.2) is 45.3 Å². The van der Waals surface area contributed by atoms with E-state index in [1.165, 1.54) is 18.3 Å². The van der Waals surface area contributed by atoms with E-state index in [9.17, 15) is 9.59 Å². The number of fused-ring (bicyclic) bond motifs is 3. The van der Waals surface area contributed by atoms with Crippen molar-refractivity contribution in [1.29, 1.82) is 0 Å². The lowest BCUT2D eigenvalue weighted by Gasteiger charge is -2.28. The Hall–Kier alpha value is -3.47. The third-order valence-electron chi connectivity index (χ3n) is 6.30. The van der Waals surface area contributed by atoms with Crippen LogP contribution in [0.15, 0.2) is 18.3 Å². The Morgan fingerprint density at radius 2 is 2.06 bits per heavy atom. The molecular weight excluding hydrogens is 470 g/mol. The Balaban J connectivity index is 1.54. The van der Waals surface area contributed by atoms with Crippen LogP contribution in [0.2, 0.25) is 0 Å². The van der Waals surface area contributed by atoms with Gasteiger partial charge in [0.25, 0.3) is 0 Å². The normalized spacial score (nSPS) is 18.7. The predicted octanol–water partition coefficient (Wildman–Crippen LogP) is 4.22. The molecule has 2 aliphatic rings. The van der Waals surface area contributed by atoms with Gasteiger partial charge in [0.2, 0.25) is 11.8 Å². The number of rotatable bonds is 6. The second kappa shape index (κ2) is 9.65. The van der Waals surface area contributed by atoms with Gasteiger partial charge in [-0.15, -0.1) is 0 Å². The number of esters is 1. The van der Waals surface area contributed by atoms with Crippen molar-refractivity contribution in [2.75, 3.05) is 19.0 Å². The molecular formula is C24H27N5O5S. The predicted molar refractivity (Wildman–Crippen MR) is 129 cm³/mol. The highest BCUT2D eigenvalue weighted by Gasteiger charge is 2.36. The van der Waals surface area contributed by atoms with Crippen molar-refractivity contribution in [2.24, 2.45) is 5.92 Å². The molecule has 0 unspecified atom stereocenters. The SMILES string of the molecule is CCOC(=O)C1CCC(n2nc(-c3ccc(OC)nc3)c3c2-c2sc(NC(C)=O)nc2CO3)CC1. The number of hydrogen-bond acceptors (Lipinski definition) is 9. The Morgan fingerprint density at radius 3 is 2.71 bits per heavy atom. The molecule has 1 aliphatic carbocycles. The summed E-state index contributed by atoms with van der Waals surface area (Å²) in [5.74, 6) is 0.823. The summed E-state index contributed by atoms with van der Waals surface area (Å²) < 4.78 is 18.6. The van der Waals surface area contributed by atoms with E-state index in [-0.39, 0.29) is 30.4 Å². The molecule has 0 aromatic carbocycles. The van der Waals surface area contributed by atoms with E-state index >= 15 is 0 Å². The van der Waals surface area contributed by atoms with Gasteiger partial charge in [-0.2, -0.15) is 5.10 Å². The highest BCUT2D eigenvalue weighted by atomic mass is 32.1. The van der Waals surface area contributed by atoms with Gasteiger partial charge < -0.3 is 19.5 Å². The monoisotopic (exact) mass is 497 g/mol. The van der Waals surface area contributed by atoms with Gasteiger partial charge in [-0.05, 0) is 38.7 Å². The number of amides is 1. The number of nitrogens with one attached hydrogen (secondary N) is 1. The zero-order valence-corrected chi connectivity index (χ0v) is 20.7. The average molecular weight is 498 g/mol. The molecule has 0 saturated heterocycles. The molecule has 10 nitrogen and oxygen atoms in total. The lowest BCUT2D eigenvalue weighted by atomic mass is 9.86. The van der Waals surface area contributed by atoms with Gasteiger partial charge in [-0.3, -0.25) is 14.3 Å². The van der Waals surface area contributed by atoms with Crippen LogP contribution in [-0.2, 0) is 20.9 Å². The van der Waals surface area contributed by atoms with Crippen LogP contribution in [0.1, 0.15) is 51.3 Å². The second-order valence-corrected chi connectivity index (χ2v) is 9.58. The summed E-state index contributed by atoms with van der Waals surface area (Å²) in [6.07, 6.45) is 4.79. The first kappa shape index (κ1) is 23.3. The van der Waals surface area contributed by atoms with Gasteiger partial charge in [-0.1, -0.05) is 11.3 Å². The first-order valence-electron chi connectivity index (χ1n) is 11.7. The third-order valence-corrected chi connectivity index (χ3v) is 7.32. The molecule has 3 aromatic heterocycles. The fraction of sp³-hybridized carbons (Fsp3) is 0.458. The maximum atomic E-state index is 12.2. The molecule has 1 amide bonds. The molecule has 5 rings (SSSR count). The van der Waals surface area contributed by atoms with Gasteiger partial charge in [0.15, 0.2) is 10.9 Å². The number of thiazole rings is 1. The molecule has 0 atom stereocenters. The largest absolute Gasteiger partial charge is 0.483 e. The Morgan fingerprint density at radius 1 is 1.26 bits per heavy atom. The lowest BCUT2D eigenvalue weighted by molar-refractivity contribution is -0.149. The summed E-state index contributed by atoms with van der Waals surface area (Å²) in [6.45, 7) is 3.98. The number of pyridine rings is 1. The van der Waals surface area contributed by atoms with Crippen molar-refractivity contribution in [3.8, 4) is 33.5 Å². The summed E-state index contributed by atoms with van der Waals surface area (Å²) >= 11 is 1.42. The third kappa shape index (κ3) is 4.47. The summed E-state index contributed by atoms with van der Waals surface area (Å²) in [7, 11) is 1.58. The zero-order chi connectivity index (χ0) is 24.5. The highest BCUT2D eigenvalue weighted by Crippen LogP contribution is 2.49. The van der Waals surface area contributed by atoms with Crippen LogP contribution < -0.4 is 14.8 Å². The van der Waals surface area contributed by atoms with Crippen molar-refractivity contribution in [2.45, 2.75) is 52.2 Å². The number of carbonyl (C=O) groups is 2. The summed E-state index contributed by atoms with van der Waals surface area (Å²) in [4.78, 5) is 33.7. The van der Waals surface area contributed by atoms with Crippen molar-refractivity contribution >= 4 is 28.3 Å². The molecule has 184 valence electrons. The number of carbonyl (C=O) groups excluding carboxylic acids is 2. The molecule has 0 spiro atoms. The van der Waals surface area contributed by atoms with Crippen molar-refractivity contribution in [1.82, 2.24) is 19.7 Å². The van der Waals surface area contributed by atoms with Gasteiger partial charge in [0.1, 0.15) is 23.7 Å². The fourth-order valence-corrected chi connectivity index (χ4v) is 5.70. The molecule has 35 heavy (non-hydrogen) atoms. The fourth-order valence-electron chi connectivity index (χ4n) is 4.65. The van der Waals surface area contributed by atoms with E-state index in [4.69, 9.17) is 19.3 Å². The summed E-state index contributed by atoms with van der Waals surface area (Å²) in [6, 6.07) is 3.79. The minimum Gasteiger partial charge on any atom is -0.483 e. The van der Waals surface area contributed by atoms with E-state index < -0.39 is 0 Å². The standard InChI is InChI=1S/C24H27N5O5S/c1-4-33-23(31)14-5-8-16(9-6-14)29-20-21(19(28-29)15-7-10-18(32-3)25-11-15)34-12-17-22(20)35-24(27-17)26-13(2)30/h7,10-11,14,16H,4-6,8-9,12H2,1-3H3,(H,26,27,30). The molecule has 4 heterocycles. The van der Waals surface area contributed by atoms with Crippen molar-refractivity contribution in [3.05, 3.63) is 24.0 Å². The van der Waals surface area contributed by atoms with Gasteiger partial charge in [-0.25, -0.2) is 9.97 Å². The van der Waals surface area contributed by atoms with Crippen LogP contribution in [0.3, 0.4) is 0 Å². The van der Waals surface area contributed by atoms with E-state index in [1.807, 2.05) is 17.7 Å². The highest BCUT2D eigenvalue weighted by molar-refractivity contribution is 7.19. The molecule has 11 heteroatoms. The minimum atomic E-state index is -0.173. The maximum absolute atomic E-state index is 12.2. The number of methoxy groups -OCH3 is 1. The molecule has 3 aromatic rings. The number of ether oxygens (including phenoxy) is 3. The maximum Gasteiger partial charge on any atom is 0.308 e. The first-order chi connectivity index (χ1) is 17.0. The van der Waals surface area contributed by atoms with Crippen LogP contribution in [0, 0.1) is 5.92 Å². The number of anilines is 1. The van der Waals surface area contributed by atoms with Crippen molar-refractivity contribution in [3.63, 3.8) is 0 Å². The molecule has 1 N–H and O–H groups in total. The Kier molecular flexibility index (Phi) is 6.42. The molecule has 1 fully saturated rings. The quantitative estimate of drug-likeness (QED) is 0.503. The summed E-state index contributed by atoms with van der Waals surface area (Å²) in [5, 5.41) is 8.32. The van der Waals surface area contributed by atoms with Crippen LogP contribution in [0.25, 0.3) is 21.8 Å². The number of nitrogens with zero attached hydrogens (tertiary/aromatic N) is 4. The van der Waals surface area contributed by atoms with Crippen LogP contribution >= 0.6 is 11.3 Å². The van der Waals surface area contributed by atoms with E-state index in [1.54, 1.807) is 19.4 Å².